The summed E-state index contributed by atoms with van der Waals surface area (Å²) in [6, 6.07) is 8.81. The van der Waals surface area contributed by atoms with Crippen molar-refractivity contribution < 1.29 is 4.74 Å². The molecule has 3 N–H and O–H groups in total. The van der Waals surface area contributed by atoms with Crippen molar-refractivity contribution in [2.75, 3.05) is 0 Å². The average molecular weight is 288 g/mol. The Balaban J connectivity index is 1.62. The van der Waals surface area contributed by atoms with Crippen LogP contribution >= 0.6 is 0 Å². The van der Waals surface area contributed by atoms with Gasteiger partial charge in [-0.15, -0.1) is 0 Å². The molecule has 2 saturated carbocycles. The normalized spacial score (nSPS) is 27.3. The first kappa shape index (κ1) is 14.9. The Hall–Kier alpha value is -1.06. The van der Waals surface area contributed by atoms with Crippen molar-refractivity contribution in [1.29, 1.82) is 0 Å². The number of rotatable bonds is 6. The Morgan fingerprint density at radius 3 is 2.29 bits per heavy atom. The topological polar surface area (TPSA) is 47.3 Å². The Morgan fingerprint density at radius 2 is 1.76 bits per heavy atom. The van der Waals surface area contributed by atoms with E-state index in [1.54, 1.807) is 0 Å². The number of hydrazine groups is 1. The number of nitrogens with one attached hydrogen (secondary N) is 1. The van der Waals surface area contributed by atoms with E-state index in [1.165, 1.54) is 50.5 Å². The molecule has 21 heavy (non-hydrogen) atoms. The van der Waals surface area contributed by atoms with Crippen molar-refractivity contribution in [2.45, 2.75) is 64.0 Å². The van der Waals surface area contributed by atoms with Gasteiger partial charge in [0.1, 0.15) is 5.75 Å². The van der Waals surface area contributed by atoms with Crippen molar-refractivity contribution >= 4 is 0 Å². The molecular weight excluding hydrogens is 260 g/mol. The van der Waals surface area contributed by atoms with Crippen LogP contribution in [0.15, 0.2) is 24.3 Å². The van der Waals surface area contributed by atoms with E-state index < -0.39 is 0 Å². The summed E-state index contributed by atoms with van der Waals surface area (Å²) in [5, 5.41) is 0. The Bertz CT molecular complexity index is 433. The van der Waals surface area contributed by atoms with E-state index in [4.69, 9.17) is 10.6 Å². The van der Waals surface area contributed by atoms with Gasteiger partial charge in [-0.3, -0.25) is 11.3 Å². The molecule has 1 aromatic carbocycles. The van der Waals surface area contributed by atoms with E-state index in [0.717, 1.165) is 11.7 Å². The van der Waals surface area contributed by atoms with E-state index in [1.807, 2.05) is 0 Å². The SMILES string of the molecule is CCC1CCC(C(NN)c2ccc(OC3CC3)cc2)CC1. The molecule has 0 aliphatic heterocycles. The first-order valence-electron chi connectivity index (χ1n) is 8.53. The standard InChI is InChI=1S/C18H28N2O/c1-2-13-3-5-14(6-4-13)18(20-19)15-7-9-16(10-8-15)21-17-11-12-17/h7-10,13-14,17-18,20H,2-6,11-12,19H2,1H3. The van der Waals surface area contributed by atoms with E-state index in [9.17, 15) is 0 Å². The number of benzene rings is 1. The molecule has 1 aromatic rings. The fourth-order valence-electron chi connectivity index (χ4n) is 3.57. The molecule has 2 fully saturated rings. The lowest BCUT2D eigenvalue weighted by Crippen LogP contribution is -2.35. The van der Waals surface area contributed by atoms with Gasteiger partial charge in [0, 0.05) is 6.04 Å². The highest BCUT2D eigenvalue weighted by atomic mass is 16.5. The second-order valence-electron chi connectivity index (χ2n) is 6.72. The van der Waals surface area contributed by atoms with E-state index in [-0.39, 0.29) is 6.04 Å². The molecule has 116 valence electrons. The summed E-state index contributed by atoms with van der Waals surface area (Å²) in [6.45, 7) is 2.31. The van der Waals surface area contributed by atoms with Gasteiger partial charge in [-0.1, -0.05) is 38.3 Å². The third kappa shape index (κ3) is 3.78. The first-order valence-corrected chi connectivity index (χ1v) is 8.53. The Kier molecular flexibility index (Phi) is 4.81. The van der Waals surface area contributed by atoms with E-state index in [0.29, 0.717) is 12.0 Å². The summed E-state index contributed by atoms with van der Waals surface area (Å²) in [5.74, 6) is 8.43. The summed E-state index contributed by atoms with van der Waals surface area (Å²) in [5.41, 5.74) is 4.34. The highest BCUT2D eigenvalue weighted by Crippen LogP contribution is 2.38. The lowest BCUT2D eigenvalue weighted by Gasteiger charge is -2.33. The van der Waals surface area contributed by atoms with Crippen LogP contribution in [-0.4, -0.2) is 6.10 Å². The Labute approximate surface area is 128 Å². The van der Waals surface area contributed by atoms with Crippen LogP contribution in [0, 0.1) is 11.8 Å². The monoisotopic (exact) mass is 288 g/mol. The lowest BCUT2D eigenvalue weighted by atomic mass is 9.76. The zero-order chi connectivity index (χ0) is 14.7. The summed E-state index contributed by atoms with van der Waals surface area (Å²) in [6.07, 6.45) is 9.46. The molecule has 0 heterocycles. The molecule has 1 unspecified atom stereocenters. The van der Waals surface area contributed by atoms with Crippen LogP contribution in [0.4, 0.5) is 0 Å². The molecule has 0 amide bonds. The molecule has 2 aliphatic carbocycles. The summed E-state index contributed by atoms with van der Waals surface area (Å²) >= 11 is 0. The van der Waals surface area contributed by atoms with Crippen molar-refractivity contribution in [3.8, 4) is 5.75 Å². The third-order valence-corrected chi connectivity index (χ3v) is 5.19. The second kappa shape index (κ2) is 6.80. The fraction of sp³-hybridized carbons (Fsp3) is 0.667. The number of nitrogens with two attached hydrogens (primary N) is 1. The van der Waals surface area contributed by atoms with E-state index >= 15 is 0 Å². The highest BCUT2D eigenvalue weighted by Gasteiger charge is 2.28. The molecule has 0 spiro atoms. The average Bonchev–Trinajstić information content (AvgIpc) is 3.34. The van der Waals surface area contributed by atoms with Crippen LogP contribution in [0.25, 0.3) is 0 Å². The minimum Gasteiger partial charge on any atom is -0.490 e. The number of hydrogen-bond donors (Lipinski definition) is 2. The summed E-state index contributed by atoms with van der Waals surface area (Å²) < 4.78 is 5.82. The maximum atomic E-state index is 5.85. The largest absolute Gasteiger partial charge is 0.490 e. The van der Waals surface area contributed by atoms with Gasteiger partial charge in [0.05, 0.1) is 6.10 Å². The molecule has 1 atom stereocenters. The number of ether oxygens (including phenoxy) is 1. The van der Waals surface area contributed by atoms with Crippen molar-refractivity contribution in [3.05, 3.63) is 29.8 Å². The molecule has 0 radical (unpaired) electrons. The maximum absolute atomic E-state index is 5.85. The predicted molar refractivity (Wildman–Crippen MR) is 85.9 cm³/mol. The van der Waals surface area contributed by atoms with Crippen molar-refractivity contribution in [3.63, 3.8) is 0 Å². The molecule has 0 bridgehead atoms. The minimum atomic E-state index is 0.276. The molecule has 0 saturated heterocycles. The highest BCUT2D eigenvalue weighted by molar-refractivity contribution is 5.30. The smallest absolute Gasteiger partial charge is 0.119 e. The molecular formula is C18H28N2O. The lowest BCUT2D eigenvalue weighted by molar-refractivity contribution is 0.219. The van der Waals surface area contributed by atoms with Gasteiger partial charge in [-0.25, -0.2) is 0 Å². The quantitative estimate of drug-likeness (QED) is 0.615. The number of hydrogen-bond acceptors (Lipinski definition) is 3. The van der Waals surface area contributed by atoms with Gasteiger partial charge in [0.25, 0.3) is 0 Å². The fourth-order valence-corrected chi connectivity index (χ4v) is 3.57. The summed E-state index contributed by atoms with van der Waals surface area (Å²) in [4.78, 5) is 0. The predicted octanol–water partition coefficient (Wildman–Crippen LogP) is 3.95. The van der Waals surface area contributed by atoms with Gasteiger partial charge in [-0.05, 0) is 55.2 Å². The maximum Gasteiger partial charge on any atom is 0.119 e. The van der Waals surface area contributed by atoms with Crippen molar-refractivity contribution in [1.82, 2.24) is 5.43 Å². The van der Waals surface area contributed by atoms with Crippen LogP contribution in [0.1, 0.15) is 63.5 Å². The first-order chi connectivity index (χ1) is 10.3. The van der Waals surface area contributed by atoms with E-state index in [2.05, 4.69) is 36.6 Å². The van der Waals surface area contributed by atoms with Crippen LogP contribution in [0.3, 0.4) is 0 Å². The van der Waals surface area contributed by atoms with Crippen LogP contribution in [0.2, 0.25) is 0 Å². The van der Waals surface area contributed by atoms with Crippen molar-refractivity contribution in [2.24, 2.45) is 17.7 Å². The third-order valence-electron chi connectivity index (χ3n) is 5.19. The zero-order valence-corrected chi connectivity index (χ0v) is 13.1. The van der Waals surface area contributed by atoms with Gasteiger partial charge in [0.2, 0.25) is 0 Å². The Morgan fingerprint density at radius 1 is 1.10 bits per heavy atom. The molecule has 3 nitrogen and oxygen atoms in total. The van der Waals surface area contributed by atoms with Crippen LogP contribution < -0.4 is 16.0 Å². The van der Waals surface area contributed by atoms with Crippen LogP contribution in [-0.2, 0) is 0 Å². The zero-order valence-electron chi connectivity index (χ0n) is 13.1. The molecule has 0 aromatic heterocycles. The van der Waals surface area contributed by atoms with Gasteiger partial charge in [0.15, 0.2) is 0 Å². The second-order valence-corrected chi connectivity index (χ2v) is 6.72. The molecule has 3 heteroatoms. The molecule has 3 rings (SSSR count). The van der Waals surface area contributed by atoms with Gasteiger partial charge < -0.3 is 4.74 Å². The molecule has 2 aliphatic rings. The summed E-state index contributed by atoms with van der Waals surface area (Å²) in [7, 11) is 0. The van der Waals surface area contributed by atoms with Gasteiger partial charge >= 0.3 is 0 Å². The minimum absolute atomic E-state index is 0.276. The van der Waals surface area contributed by atoms with Crippen LogP contribution in [0.5, 0.6) is 5.75 Å². The van der Waals surface area contributed by atoms with Gasteiger partial charge in [-0.2, -0.15) is 0 Å².